The van der Waals surface area contributed by atoms with Crippen molar-refractivity contribution in [3.05, 3.63) is 59.3 Å². The minimum Gasteiger partial charge on any atom is -0.506 e. The molecule has 0 radical (unpaired) electrons. The molecule has 0 amide bonds. The van der Waals surface area contributed by atoms with E-state index in [0.717, 1.165) is 6.07 Å². The summed E-state index contributed by atoms with van der Waals surface area (Å²) in [6.07, 6.45) is 6.35. The molecule has 3 rings (SSSR count). The lowest BCUT2D eigenvalue weighted by Gasteiger charge is -2.00. The number of pyridine rings is 2. The lowest BCUT2D eigenvalue weighted by Crippen LogP contribution is -1.90. The summed E-state index contributed by atoms with van der Waals surface area (Å²) in [4.78, 5) is 7.62. The number of hydrogen-bond donors (Lipinski definition) is 1. The van der Waals surface area contributed by atoms with Crippen molar-refractivity contribution in [2.45, 2.75) is 6.92 Å². The fourth-order valence-corrected chi connectivity index (χ4v) is 2.03. The highest BCUT2D eigenvalue weighted by atomic mass is 19.1. The van der Waals surface area contributed by atoms with Crippen LogP contribution in [0.2, 0.25) is 0 Å². The normalized spacial score (nSPS) is 11.6. The summed E-state index contributed by atoms with van der Waals surface area (Å²) in [6.45, 7) is 1.77. The van der Waals surface area contributed by atoms with Crippen molar-refractivity contribution in [3.8, 4) is 5.75 Å². The molecule has 0 atom stereocenters. The van der Waals surface area contributed by atoms with Gasteiger partial charge >= 0.3 is 0 Å². The number of halogens is 2. The first kappa shape index (κ1) is 13.2. The molecule has 0 spiro atoms. The van der Waals surface area contributed by atoms with Crippen LogP contribution in [0.5, 0.6) is 5.75 Å². The fraction of sp³-hybridized carbons (Fsp3) is 0.0667. The summed E-state index contributed by atoms with van der Waals surface area (Å²) in [5.41, 5.74) is 1.58. The molecule has 0 aromatic carbocycles. The van der Waals surface area contributed by atoms with E-state index in [1.807, 2.05) is 0 Å². The monoisotopic (exact) mass is 287 g/mol. The summed E-state index contributed by atoms with van der Waals surface area (Å²) in [7, 11) is 0. The number of nitrogens with zero attached hydrogens (tertiary/aromatic N) is 3. The molecule has 0 aliphatic carbocycles. The zero-order chi connectivity index (χ0) is 15.0. The van der Waals surface area contributed by atoms with Crippen LogP contribution in [-0.2, 0) is 0 Å². The van der Waals surface area contributed by atoms with Gasteiger partial charge in [-0.2, -0.15) is 4.39 Å². The minimum absolute atomic E-state index is 0.0808. The molecular weight excluding hydrogens is 276 g/mol. The molecule has 0 saturated heterocycles. The van der Waals surface area contributed by atoms with Crippen LogP contribution in [0.25, 0.3) is 17.8 Å². The van der Waals surface area contributed by atoms with Crippen LogP contribution < -0.4 is 0 Å². The SMILES string of the molecule is Cc1cn2cc(/C=C/c3nc(F)ccc3O)cc(F)c2n1. The van der Waals surface area contributed by atoms with E-state index in [2.05, 4.69) is 9.97 Å². The van der Waals surface area contributed by atoms with E-state index in [4.69, 9.17) is 0 Å². The van der Waals surface area contributed by atoms with Crippen molar-refractivity contribution in [2.24, 2.45) is 0 Å². The Hall–Kier alpha value is -2.76. The number of fused-ring (bicyclic) bond motifs is 1. The van der Waals surface area contributed by atoms with Gasteiger partial charge in [0.15, 0.2) is 11.5 Å². The van der Waals surface area contributed by atoms with Crippen LogP contribution in [0.4, 0.5) is 8.78 Å². The Morgan fingerprint density at radius 1 is 1.14 bits per heavy atom. The molecule has 0 fully saturated rings. The number of aromatic nitrogens is 3. The fourth-order valence-electron chi connectivity index (χ4n) is 2.03. The maximum Gasteiger partial charge on any atom is 0.213 e. The maximum absolute atomic E-state index is 13.9. The number of aromatic hydroxyl groups is 1. The van der Waals surface area contributed by atoms with E-state index in [1.54, 1.807) is 29.8 Å². The Labute approximate surface area is 119 Å². The second-order valence-corrected chi connectivity index (χ2v) is 4.61. The predicted octanol–water partition coefficient (Wildman–Crippen LogP) is 3.19. The Kier molecular flexibility index (Phi) is 3.13. The molecule has 3 heterocycles. The van der Waals surface area contributed by atoms with Crippen molar-refractivity contribution >= 4 is 17.8 Å². The van der Waals surface area contributed by atoms with Gasteiger partial charge in [0.1, 0.15) is 11.4 Å². The molecule has 1 N–H and O–H groups in total. The van der Waals surface area contributed by atoms with Crippen LogP contribution in [0.15, 0.2) is 30.6 Å². The van der Waals surface area contributed by atoms with Crippen LogP contribution in [0.3, 0.4) is 0 Å². The van der Waals surface area contributed by atoms with E-state index in [0.29, 0.717) is 11.3 Å². The lowest BCUT2D eigenvalue weighted by molar-refractivity contribution is 0.465. The van der Waals surface area contributed by atoms with Crippen LogP contribution in [0, 0.1) is 18.7 Å². The zero-order valence-electron chi connectivity index (χ0n) is 11.1. The molecule has 3 aromatic heterocycles. The number of rotatable bonds is 2. The van der Waals surface area contributed by atoms with Gasteiger partial charge in [-0.05, 0) is 36.8 Å². The summed E-state index contributed by atoms with van der Waals surface area (Å²) >= 11 is 0. The van der Waals surface area contributed by atoms with Gasteiger partial charge in [-0.15, -0.1) is 0 Å². The van der Waals surface area contributed by atoms with Gasteiger partial charge in [-0.1, -0.05) is 6.08 Å². The van der Waals surface area contributed by atoms with Gasteiger partial charge < -0.3 is 9.51 Å². The second kappa shape index (κ2) is 4.97. The number of imidazole rings is 1. The topological polar surface area (TPSA) is 50.4 Å². The Bertz CT molecular complexity index is 855. The first-order valence-electron chi connectivity index (χ1n) is 6.21. The lowest BCUT2D eigenvalue weighted by atomic mass is 10.2. The molecule has 3 aromatic rings. The summed E-state index contributed by atoms with van der Waals surface area (Å²) in [5, 5.41) is 9.57. The van der Waals surface area contributed by atoms with E-state index >= 15 is 0 Å². The zero-order valence-corrected chi connectivity index (χ0v) is 11.1. The standard InChI is InChI=1S/C15H11F2N3O/c1-9-7-20-8-10(6-11(16)15(20)18-9)2-3-12-13(21)4-5-14(17)19-12/h2-8,21H,1H3/b3-2+. The molecular formula is C15H11F2N3O. The van der Waals surface area contributed by atoms with Gasteiger partial charge in [-0.3, -0.25) is 0 Å². The van der Waals surface area contributed by atoms with E-state index in [9.17, 15) is 13.9 Å². The van der Waals surface area contributed by atoms with E-state index in [1.165, 1.54) is 18.2 Å². The van der Waals surface area contributed by atoms with Crippen molar-refractivity contribution < 1.29 is 13.9 Å². The molecule has 106 valence electrons. The van der Waals surface area contributed by atoms with Crippen LogP contribution in [-0.4, -0.2) is 19.5 Å². The molecule has 0 saturated carbocycles. The smallest absolute Gasteiger partial charge is 0.213 e. The molecule has 0 unspecified atom stereocenters. The van der Waals surface area contributed by atoms with Gasteiger partial charge in [0.2, 0.25) is 5.95 Å². The summed E-state index contributed by atoms with van der Waals surface area (Å²) < 4.78 is 28.5. The van der Waals surface area contributed by atoms with Crippen molar-refractivity contribution in [3.63, 3.8) is 0 Å². The average Bonchev–Trinajstić information content (AvgIpc) is 2.81. The molecule has 21 heavy (non-hydrogen) atoms. The van der Waals surface area contributed by atoms with Crippen LogP contribution in [0.1, 0.15) is 17.0 Å². The highest BCUT2D eigenvalue weighted by molar-refractivity contribution is 5.70. The molecule has 4 nitrogen and oxygen atoms in total. The van der Waals surface area contributed by atoms with Gasteiger partial charge in [-0.25, -0.2) is 14.4 Å². The second-order valence-electron chi connectivity index (χ2n) is 4.61. The largest absolute Gasteiger partial charge is 0.506 e. The van der Waals surface area contributed by atoms with Gasteiger partial charge in [0.25, 0.3) is 0 Å². The predicted molar refractivity (Wildman–Crippen MR) is 74.7 cm³/mol. The van der Waals surface area contributed by atoms with Crippen LogP contribution >= 0.6 is 0 Å². The average molecular weight is 287 g/mol. The molecule has 0 aliphatic heterocycles. The van der Waals surface area contributed by atoms with E-state index in [-0.39, 0.29) is 17.1 Å². The van der Waals surface area contributed by atoms with Crippen molar-refractivity contribution in [1.29, 1.82) is 0 Å². The highest BCUT2D eigenvalue weighted by Gasteiger charge is 2.06. The number of hydrogen-bond acceptors (Lipinski definition) is 3. The third kappa shape index (κ3) is 2.60. The first-order valence-corrected chi connectivity index (χ1v) is 6.21. The van der Waals surface area contributed by atoms with Gasteiger partial charge in [0, 0.05) is 12.4 Å². The van der Waals surface area contributed by atoms with E-state index < -0.39 is 11.8 Å². The highest BCUT2D eigenvalue weighted by Crippen LogP contribution is 2.19. The quantitative estimate of drug-likeness (QED) is 0.736. The summed E-state index contributed by atoms with van der Waals surface area (Å²) in [5.74, 6) is -1.30. The van der Waals surface area contributed by atoms with Crippen molar-refractivity contribution in [1.82, 2.24) is 14.4 Å². The maximum atomic E-state index is 13.9. The third-order valence-electron chi connectivity index (χ3n) is 2.95. The molecule has 0 bridgehead atoms. The first-order chi connectivity index (χ1) is 10.0. The Morgan fingerprint density at radius 2 is 1.95 bits per heavy atom. The number of aryl methyl sites for hydroxylation is 1. The van der Waals surface area contributed by atoms with Crippen molar-refractivity contribution in [2.75, 3.05) is 0 Å². The Balaban J connectivity index is 2.01. The van der Waals surface area contributed by atoms with Gasteiger partial charge in [0.05, 0.1) is 5.69 Å². The molecule has 6 heteroatoms. The third-order valence-corrected chi connectivity index (χ3v) is 2.95. The Morgan fingerprint density at radius 3 is 2.76 bits per heavy atom. The molecule has 0 aliphatic rings. The minimum atomic E-state index is -0.695. The summed E-state index contributed by atoms with van der Waals surface area (Å²) in [6, 6.07) is 3.59.